The van der Waals surface area contributed by atoms with Crippen LogP contribution in [0, 0.1) is 5.41 Å². The number of ether oxygens (including phenoxy) is 1. The van der Waals surface area contributed by atoms with Crippen LogP contribution >= 0.6 is 0 Å². The molecule has 0 saturated carbocycles. The standard InChI is InChI=1S/C22H25N3O4/c1-4-29-18-8-6-5-7-17(18)15-22(12-9-16-10-13-23-14-11-16)19(26)24(2)21(28)25(3)20(22)27/h5-8,10-11,13-14H,4,9,12,15H2,1-3H3. The smallest absolute Gasteiger partial charge is 0.332 e. The van der Waals surface area contributed by atoms with E-state index < -0.39 is 23.3 Å². The summed E-state index contributed by atoms with van der Waals surface area (Å²) in [6.45, 7) is 2.36. The maximum absolute atomic E-state index is 13.3. The second kappa shape index (κ2) is 8.43. The second-order valence-corrected chi connectivity index (χ2v) is 7.17. The summed E-state index contributed by atoms with van der Waals surface area (Å²) in [7, 11) is 2.84. The van der Waals surface area contributed by atoms with Gasteiger partial charge in [0, 0.05) is 26.5 Å². The summed E-state index contributed by atoms with van der Waals surface area (Å²) in [5.74, 6) is -0.321. The third-order valence-corrected chi connectivity index (χ3v) is 5.36. The number of rotatable bonds is 7. The van der Waals surface area contributed by atoms with Gasteiger partial charge >= 0.3 is 6.03 Å². The largest absolute Gasteiger partial charge is 0.494 e. The number of pyridine rings is 1. The number of amides is 4. The third-order valence-electron chi connectivity index (χ3n) is 5.36. The lowest BCUT2D eigenvalue weighted by Gasteiger charge is -2.42. The van der Waals surface area contributed by atoms with Gasteiger partial charge in [0.15, 0.2) is 0 Å². The fourth-order valence-corrected chi connectivity index (χ4v) is 3.76. The molecule has 1 fully saturated rings. The highest BCUT2D eigenvalue weighted by atomic mass is 16.5. The summed E-state index contributed by atoms with van der Waals surface area (Å²) in [6.07, 6.45) is 4.30. The first-order valence-electron chi connectivity index (χ1n) is 9.60. The van der Waals surface area contributed by atoms with Gasteiger partial charge in [-0.2, -0.15) is 0 Å². The third kappa shape index (κ3) is 3.85. The number of barbiturate groups is 1. The van der Waals surface area contributed by atoms with E-state index in [-0.39, 0.29) is 12.8 Å². The van der Waals surface area contributed by atoms with Crippen molar-refractivity contribution in [3.05, 3.63) is 59.9 Å². The molecule has 0 atom stereocenters. The van der Waals surface area contributed by atoms with E-state index in [9.17, 15) is 14.4 Å². The van der Waals surface area contributed by atoms with E-state index in [4.69, 9.17) is 4.74 Å². The molecule has 1 aromatic carbocycles. The van der Waals surface area contributed by atoms with Crippen LogP contribution < -0.4 is 4.74 Å². The van der Waals surface area contributed by atoms with E-state index in [1.54, 1.807) is 12.4 Å². The average Bonchev–Trinajstić information content (AvgIpc) is 2.75. The zero-order valence-electron chi connectivity index (χ0n) is 16.9. The van der Waals surface area contributed by atoms with Gasteiger partial charge in [0.25, 0.3) is 0 Å². The van der Waals surface area contributed by atoms with Gasteiger partial charge in [-0.25, -0.2) is 4.79 Å². The molecule has 4 amide bonds. The minimum Gasteiger partial charge on any atom is -0.494 e. The molecule has 3 rings (SSSR count). The monoisotopic (exact) mass is 395 g/mol. The number of benzene rings is 1. The van der Waals surface area contributed by atoms with Crippen molar-refractivity contribution in [1.82, 2.24) is 14.8 Å². The van der Waals surface area contributed by atoms with Crippen molar-refractivity contribution in [3.8, 4) is 5.75 Å². The van der Waals surface area contributed by atoms with E-state index in [1.807, 2.05) is 43.3 Å². The van der Waals surface area contributed by atoms with Gasteiger partial charge in [0.2, 0.25) is 11.8 Å². The van der Waals surface area contributed by atoms with Crippen molar-refractivity contribution >= 4 is 17.8 Å². The van der Waals surface area contributed by atoms with Crippen molar-refractivity contribution in [3.63, 3.8) is 0 Å². The van der Waals surface area contributed by atoms with Crippen molar-refractivity contribution in [1.29, 1.82) is 0 Å². The molecule has 1 aromatic heterocycles. The molecule has 1 saturated heterocycles. The van der Waals surface area contributed by atoms with Crippen LogP contribution in [0.1, 0.15) is 24.5 Å². The summed E-state index contributed by atoms with van der Waals surface area (Å²) in [5.41, 5.74) is 0.357. The van der Waals surface area contributed by atoms with Crippen LogP contribution in [-0.2, 0) is 22.4 Å². The molecule has 0 radical (unpaired) electrons. The number of aryl methyl sites for hydroxylation is 1. The average molecular weight is 395 g/mol. The highest BCUT2D eigenvalue weighted by molar-refractivity contribution is 6.18. The Morgan fingerprint density at radius 2 is 1.59 bits per heavy atom. The van der Waals surface area contributed by atoms with Crippen LogP contribution in [-0.4, -0.2) is 53.3 Å². The molecule has 0 spiro atoms. The van der Waals surface area contributed by atoms with Gasteiger partial charge in [0.1, 0.15) is 11.2 Å². The fraction of sp³-hybridized carbons (Fsp3) is 0.364. The van der Waals surface area contributed by atoms with Crippen LogP contribution in [0.5, 0.6) is 5.75 Å². The maximum atomic E-state index is 13.3. The number of para-hydroxylation sites is 1. The Labute approximate surface area is 170 Å². The number of hydrogen-bond donors (Lipinski definition) is 0. The predicted molar refractivity (Wildman–Crippen MR) is 107 cm³/mol. The predicted octanol–water partition coefficient (Wildman–Crippen LogP) is 2.69. The first-order valence-corrected chi connectivity index (χ1v) is 9.60. The molecule has 1 aliphatic rings. The van der Waals surface area contributed by atoms with Crippen molar-refractivity contribution in [2.75, 3.05) is 20.7 Å². The van der Waals surface area contributed by atoms with Gasteiger partial charge < -0.3 is 4.74 Å². The summed E-state index contributed by atoms with van der Waals surface area (Å²) < 4.78 is 5.71. The molecule has 152 valence electrons. The number of hydrogen-bond acceptors (Lipinski definition) is 5. The molecular formula is C22H25N3O4. The quantitative estimate of drug-likeness (QED) is 0.674. The molecule has 29 heavy (non-hydrogen) atoms. The molecule has 7 nitrogen and oxygen atoms in total. The Morgan fingerprint density at radius 1 is 0.966 bits per heavy atom. The van der Waals surface area contributed by atoms with Crippen LogP contribution in [0.25, 0.3) is 0 Å². The zero-order valence-corrected chi connectivity index (χ0v) is 16.9. The molecule has 7 heteroatoms. The van der Waals surface area contributed by atoms with Gasteiger partial charge in [-0.1, -0.05) is 18.2 Å². The molecule has 0 bridgehead atoms. The zero-order chi connectivity index (χ0) is 21.0. The van der Waals surface area contributed by atoms with E-state index in [0.29, 0.717) is 18.8 Å². The topological polar surface area (TPSA) is 79.8 Å². The number of imide groups is 2. The van der Waals surface area contributed by atoms with Gasteiger partial charge in [-0.05, 0) is 55.5 Å². The normalized spacial score (nSPS) is 16.3. The summed E-state index contributed by atoms with van der Waals surface area (Å²) in [6, 6.07) is 10.5. The van der Waals surface area contributed by atoms with E-state index >= 15 is 0 Å². The minimum absolute atomic E-state index is 0.161. The molecule has 0 aliphatic carbocycles. The van der Waals surface area contributed by atoms with E-state index in [2.05, 4.69) is 4.98 Å². The lowest BCUT2D eigenvalue weighted by atomic mass is 9.73. The van der Waals surface area contributed by atoms with Crippen LogP contribution in [0.4, 0.5) is 4.79 Å². The minimum atomic E-state index is -1.38. The van der Waals surface area contributed by atoms with Crippen LogP contribution in [0.2, 0.25) is 0 Å². The molecular weight excluding hydrogens is 370 g/mol. The van der Waals surface area contributed by atoms with Crippen molar-refractivity contribution in [2.45, 2.75) is 26.2 Å². The molecule has 2 aromatic rings. The van der Waals surface area contributed by atoms with E-state index in [1.165, 1.54) is 14.1 Å². The number of carbonyl (C=O) groups is 3. The Morgan fingerprint density at radius 3 is 2.21 bits per heavy atom. The molecule has 1 aliphatic heterocycles. The van der Waals surface area contributed by atoms with Gasteiger partial charge in [-0.15, -0.1) is 0 Å². The second-order valence-electron chi connectivity index (χ2n) is 7.17. The highest BCUT2D eigenvalue weighted by Crippen LogP contribution is 2.38. The van der Waals surface area contributed by atoms with Crippen molar-refractivity contribution in [2.24, 2.45) is 5.41 Å². The van der Waals surface area contributed by atoms with Crippen molar-refractivity contribution < 1.29 is 19.1 Å². The van der Waals surface area contributed by atoms with Gasteiger partial charge in [-0.3, -0.25) is 24.4 Å². The Hall–Kier alpha value is -3.22. The lowest BCUT2D eigenvalue weighted by molar-refractivity contribution is -0.157. The Bertz CT molecular complexity index is 889. The summed E-state index contributed by atoms with van der Waals surface area (Å²) in [5, 5.41) is 0. The number of nitrogens with zero attached hydrogens (tertiary/aromatic N) is 3. The highest BCUT2D eigenvalue weighted by Gasteiger charge is 2.55. The molecule has 0 N–H and O–H groups in total. The molecule has 0 unspecified atom stereocenters. The number of urea groups is 1. The number of aromatic nitrogens is 1. The lowest BCUT2D eigenvalue weighted by Crippen LogP contribution is -2.63. The maximum Gasteiger partial charge on any atom is 0.332 e. The SMILES string of the molecule is CCOc1ccccc1CC1(CCc2ccncc2)C(=O)N(C)C(=O)N(C)C1=O. The Kier molecular flexibility index (Phi) is 5.96. The fourth-order valence-electron chi connectivity index (χ4n) is 3.76. The van der Waals surface area contributed by atoms with Gasteiger partial charge in [0.05, 0.1) is 6.61 Å². The van der Waals surface area contributed by atoms with Crippen LogP contribution in [0.3, 0.4) is 0 Å². The number of carbonyl (C=O) groups excluding carboxylic acids is 3. The molecule has 2 heterocycles. The Balaban J connectivity index is 2.03. The summed E-state index contributed by atoms with van der Waals surface area (Å²) in [4.78, 5) is 45.0. The first kappa shape index (κ1) is 20.5. The van der Waals surface area contributed by atoms with Crippen LogP contribution in [0.15, 0.2) is 48.8 Å². The summed E-state index contributed by atoms with van der Waals surface area (Å²) >= 11 is 0. The first-order chi connectivity index (χ1) is 13.9. The van der Waals surface area contributed by atoms with E-state index in [0.717, 1.165) is 20.9 Å².